The molecule has 8 heteroatoms. The molecule has 0 saturated heterocycles. The number of hydrogen-bond acceptors (Lipinski definition) is 4. The predicted octanol–water partition coefficient (Wildman–Crippen LogP) is 1.82. The minimum absolute atomic E-state index is 0.106. The zero-order chi connectivity index (χ0) is 14.5. The molecule has 0 amide bonds. The minimum atomic E-state index is -3.97. The van der Waals surface area contributed by atoms with E-state index >= 15 is 0 Å². The van der Waals surface area contributed by atoms with Gasteiger partial charge in [0.25, 0.3) is 0 Å². The molecular weight excluding hydrogens is 341 g/mol. The van der Waals surface area contributed by atoms with Gasteiger partial charge >= 0.3 is 5.97 Å². The molecule has 0 aromatic heterocycles. The number of benzene rings is 1. The normalized spacial score (nSPS) is 11.3. The van der Waals surface area contributed by atoms with Gasteiger partial charge in [-0.05, 0) is 25.1 Å². The Morgan fingerprint density at radius 2 is 2.16 bits per heavy atom. The molecule has 0 fully saturated rings. The summed E-state index contributed by atoms with van der Waals surface area (Å²) in [5, 5.41) is 0. The first-order chi connectivity index (χ1) is 8.86. The Morgan fingerprint density at radius 3 is 2.74 bits per heavy atom. The van der Waals surface area contributed by atoms with Crippen LogP contribution in [0.3, 0.4) is 0 Å². The summed E-state index contributed by atoms with van der Waals surface area (Å²) in [6.45, 7) is 1.74. The lowest BCUT2D eigenvalue weighted by molar-refractivity contribution is -0.142. The Morgan fingerprint density at radius 1 is 1.47 bits per heavy atom. The molecule has 1 N–H and O–H groups in total. The molecule has 0 unspecified atom stereocenters. The van der Waals surface area contributed by atoms with Crippen molar-refractivity contribution in [2.24, 2.45) is 0 Å². The Kier molecular flexibility index (Phi) is 5.89. The number of hydrogen-bond donors (Lipinski definition) is 1. The maximum Gasteiger partial charge on any atom is 0.307 e. The summed E-state index contributed by atoms with van der Waals surface area (Å²) >= 11 is 3.04. The van der Waals surface area contributed by atoms with Gasteiger partial charge in [-0.2, -0.15) is 0 Å². The average Bonchev–Trinajstić information content (AvgIpc) is 2.28. The van der Waals surface area contributed by atoms with Gasteiger partial charge in [-0.3, -0.25) is 4.79 Å². The summed E-state index contributed by atoms with van der Waals surface area (Å²) in [5.41, 5.74) is 0. The monoisotopic (exact) mass is 353 g/mol. The van der Waals surface area contributed by atoms with Gasteiger partial charge in [0, 0.05) is 11.0 Å². The van der Waals surface area contributed by atoms with E-state index in [1.807, 2.05) is 0 Å². The van der Waals surface area contributed by atoms with E-state index in [-0.39, 0.29) is 19.6 Å². The SMILES string of the molecule is CCOC(=O)CCNS(=O)(=O)c1ccc(Br)cc1F. The second-order valence-corrected chi connectivity index (χ2v) is 6.18. The number of carbonyl (C=O) groups excluding carboxylic acids is 1. The lowest BCUT2D eigenvalue weighted by Gasteiger charge is -2.07. The number of rotatable bonds is 6. The highest BCUT2D eigenvalue weighted by Crippen LogP contribution is 2.19. The van der Waals surface area contributed by atoms with Gasteiger partial charge in [0.2, 0.25) is 10.0 Å². The van der Waals surface area contributed by atoms with Crippen LogP contribution in [-0.4, -0.2) is 27.5 Å². The lowest BCUT2D eigenvalue weighted by Crippen LogP contribution is -2.27. The topological polar surface area (TPSA) is 72.5 Å². The fraction of sp³-hybridized carbons (Fsp3) is 0.364. The maximum atomic E-state index is 13.5. The summed E-state index contributed by atoms with van der Waals surface area (Å²) in [6.07, 6.45) is -0.106. The highest BCUT2D eigenvalue weighted by atomic mass is 79.9. The molecule has 0 aliphatic rings. The molecule has 5 nitrogen and oxygen atoms in total. The summed E-state index contributed by atoms with van der Waals surface area (Å²) in [4.78, 5) is 10.6. The van der Waals surface area contributed by atoms with Crippen LogP contribution in [0.1, 0.15) is 13.3 Å². The molecule has 0 radical (unpaired) electrons. The van der Waals surface area contributed by atoms with E-state index in [2.05, 4.69) is 25.4 Å². The molecule has 19 heavy (non-hydrogen) atoms. The van der Waals surface area contributed by atoms with Gasteiger partial charge in [-0.25, -0.2) is 17.5 Å². The van der Waals surface area contributed by atoms with Crippen molar-refractivity contribution in [3.05, 3.63) is 28.5 Å². The molecular formula is C11H13BrFNO4S. The number of halogens is 2. The van der Waals surface area contributed by atoms with Crippen LogP contribution in [0.4, 0.5) is 4.39 Å². The Bertz CT molecular complexity index is 562. The first-order valence-electron chi connectivity index (χ1n) is 5.47. The number of nitrogens with one attached hydrogen (secondary N) is 1. The zero-order valence-corrected chi connectivity index (χ0v) is 12.6. The van der Waals surface area contributed by atoms with E-state index in [4.69, 9.17) is 0 Å². The molecule has 0 aliphatic carbocycles. The Labute approximate surface area is 119 Å². The molecule has 0 atom stereocenters. The van der Waals surface area contributed by atoms with Crippen LogP contribution in [0, 0.1) is 5.82 Å². The summed E-state index contributed by atoms with van der Waals surface area (Å²) < 4.78 is 44.3. The highest BCUT2D eigenvalue weighted by molar-refractivity contribution is 9.10. The van der Waals surface area contributed by atoms with Gasteiger partial charge in [0.1, 0.15) is 10.7 Å². The van der Waals surface area contributed by atoms with E-state index in [1.165, 1.54) is 6.07 Å². The first kappa shape index (κ1) is 16.1. The Balaban J connectivity index is 2.68. The van der Waals surface area contributed by atoms with Gasteiger partial charge in [0.05, 0.1) is 13.0 Å². The molecule has 0 aliphatic heterocycles. The molecule has 0 bridgehead atoms. The highest BCUT2D eigenvalue weighted by Gasteiger charge is 2.19. The van der Waals surface area contributed by atoms with Crippen LogP contribution in [0.25, 0.3) is 0 Å². The van der Waals surface area contributed by atoms with Crippen LogP contribution in [0.5, 0.6) is 0 Å². The summed E-state index contributed by atoms with van der Waals surface area (Å²) in [6, 6.07) is 3.62. The third kappa shape index (κ3) is 4.88. The third-order valence-corrected chi connectivity index (χ3v) is 4.10. The second-order valence-electron chi connectivity index (χ2n) is 3.53. The number of esters is 1. The third-order valence-electron chi connectivity index (χ3n) is 2.11. The minimum Gasteiger partial charge on any atom is -0.466 e. The smallest absolute Gasteiger partial charge is 0.307 e. The van der Waals surface area contributed by atoms with E-state index in [0.717, 1.165) is 12.1 Å². The van der Waals surface area contributed by atoms with Crippen LogP contribution < -0.4 is 4.72 Å². The van der Waals surface area contributed by atoms with Crippen LogP contribution in [0.2, 0.25) is 0 Å². The van der Waals surface area contributed by atoms with Crippen molar-refractivity contribution in [1.82, 2.24) is 4.72 Å². The molecule has 106 valence electrons. The second kappa shape index (κ2) is 6.97. The largest absolute Gasteiger partial charge is 0.466 e. The number of sulfonamides is 1. The van der Waals surface area contributed by atoms with Crippen LogP contribution >= 0.6 is 15.9 Å². The van der Waals surface area contributed by atoms with Crippen LogP contribution in [-0.2, 0) is 19.6 Å². The fourth-order valence-corrected chi connectivity index (χ4v) is 2.71. The van der Waals surface area contributed by atoms with Gasteiger partial charge in [0.15, 0.2) is 0 Å². The van der Waals surface area contributed by atoms with Crippen molar-refractivity contribution >= 4 is 31.9 Å². The van der Waals surface area contributed by atoms with Gasteiger partial charge in [-0.1, -0.05) is 15.9 Å². The maximum absolute atomic E-state index is 13.5. The quantitative estimate of drug-likeness (QED) is 0.791. The standard InChI is InChI=1S/C11H13BrFNO4S/c1-2-18-11(15)5-6-14-19(16,17)10-4-3-8(12)7-9(10)13/h3-4,7,14H,2,5-6H2,1H3. The van der Waals surface area contributed by atoms with Crippen molar-refractivity contribution in [2.75, 3.05) is 13.2 Å². The summed E-state index contributed by atoms with van der Waals surface area (Å²) in [7, 11) is -3.97. The predicted molar refractivity (Wildman–Crippen MR) is 70.5 cm³/mol. The van der Waals surface area contributed by atoms with E-state index in [1.54, 1.807) is 6.92 Å². The molecule has 0 heterocycles. The van der Waals surface area contributed by atoms with Gasteiger partial charge < -0.3 is 4.74 Å². The Hall–Kier alpha value is -0.990. The number of ether oxygens (including phenoxy) is 1. The average molecular weight is 354 g/mol. The lowest BCUT2D eigenvalue weighted by atomic mass is 10.3. The van der Waals surface area contributed by atoms with Crippen molar-refractivity contribution in [2.45, 2.75) is 18.2 Å². The summed E-state index contributed by atoms with van der Waals surface area (Å²) in [5.74, 6) is -1.38. The van der Waals surface area contributed by atoms with Crippen molar-refractivity contribution < 1.29 is 22.3 Å². The molecule has 1 aromatic carbocycles. The first-order valence-corrected chi connectivity index (χ1v) is 7.74. The van der Waals surface area contributed by atoms with Crippen molar-refractivity contribution in [3.63, 3.8) is 0 Å². The van der Waals surface area contributed by atoms with Gasteiger partial charge in [-0.15, -0.1) is 0 Å². The zero-order valence-electron chi connectivity index (χ0n) is 10.2. The van der Waals surface area contributed by atoms with Crippen LogP contribution in [0.15, 0.2) is 27.6 Å². The van der Waals surface area contributed by atoms with Crippen molar-refractivity contribution in [1.29, 1.82) is 0 Å². The van der Waals surface area contributed by atoms with E-state index < -0.39 is 26.7 Å². The molecule has 1 rings (SSSR count). The van der Waals surface area contributed by atoms with E-state index in [0.29, 0.717) is 4.47 Å². The molecule has 0 saturated carbocycles. The fourth-order valence-electron chi connectivity index (χ4n) is 1.29. The number of carbonyl (C=O) groups is 1. The molecule has 0 spiro atoms. The van der Waals surface area contributed by atoms with Crippen molar-refractivity contribution in [3.8, 4) is 0 Å². The van der Waals surface area contributed by atoms with E-state index in [9.17, 15) is 17.6 Å². The molecule has 1 aromatic rings.